The molecule has 100 valence electrons. The van der Waals surface area contributed by atoms with Crippen molar-refractivity contribution in [2.45, 2.75) is 33.4 Å². The molecule has 0 aliphatic heterocycles. The molecule has 0 saturated carbocycles. The zero-order chi connectivity index (χ0) is 13.5. The van der Waals surface area contributed by atoms with Crippen LogP contribution in [0.15, 0.2) is 24.3 Å². The highest BCUT2D eigenvalue weighted by Gasteiger charge is 2.10. The lowest BCUT2D eigenvalue weighted by Gasteiger charge is -2.20. The molecule has 0 heterocycles. The molecule has 1 amide bonds. The molecule has 0 aromatic heterocycles. The van der Waals surface area contributed by atoms with E-state index in [1.165, 1.54) is 12.1 Å². The van der Waals surface area contributed by atoms with Gasteiger partial charge in [-0.2, -0.15) is 0 Å². The normalized spacial score (nSPS) is 11.0. The van der Waals surface area contributed by atoms with Crippen LogP contribution in [0.5, 0.6) is 0 Å². The third kappa shape index (κ3) is 5.27. The van der Waals surface area contributed by atoms with Gasteiger partial charge in [0.15, 0.2) is 0 Å². The third-order valence-corrected chi connectivity index (χ3v) is 2.56. The van der Waals surface area contributed by atoms with E-state index in [-0.39, 0.29) is 17.8 Å². The lowest BCUT2D eigenvalue weighted by Crippen LogP contribution is -2.39. The fourth-order valence-corrected chi connectivity index (χ4v) is 1.74. The van der Waals surface area contributed by atoms with Crippen LogP contribution >= 0.6 is 0 Å². The molecule has 0 bridgehead atoms. The Bertz CT molecular complexity index is 393. The van der Waals surface area contributed by atoms with E-state index in [1.807, 2.05) is 31.7 Å². The maximum Gasteiger partial charge on any atom is 0.234 e. The SMILES string of the molecule is CCN(CC(=O)NC(C)C)Cc1cccc(F)c1. The predicted octanol–water partition coefficient (Wildman–Crippen LogP) is 2.17. The van der Waals surface area contributed by atoms with E-state index in [0.717, 1.165) is 12.1 Å². The Hall–Kier alpha value is -1.42. The van der Waals surface area contributed by atoms with Crippen LogP contribution in [0.2, 0.25) is 0 Å². The van der Waals surface area contributed by atoms with Crippen molar-refractivity contribution in [3.8, 4) is 0 Å². The van der Waals surface area contributed by atoms with Gasteiger partial charge in [0.25, 0.3) is 0 Å². The molecule has 1 rings (SSSR count). The van der Waals surface area contributed by atoms with Gasteiger partial charge in [0, 0.05) is 12.6 Å². The summed E-state index contributed by atoms with van der Waals surface area (Å²) in [7, 11) is 0. The van der Waals surface area contributed by atoms with E-state index in [4.69, 9.17) is 0 Å². The molecule has 18 heavy (non-hydrogen) atoms. The summed E-state index contributed by atoms with van der Waals surface area (Å²) in [6.45, 7) is 7.52. The van der Waals surface area contributed by atoms with Gasteiger partial charge in [-0.05, 0) is 38.1 Å². The monoisotopic (exact) mass is 252 g/mol. The van der Waals surface area contributed by atoms with Gasteiger partial charge in [0.05, 0.1) is 6.54 Å². The number of rotatable bonds is 6. The summed E-state index contributed by atoms with van der Waals surface area (Å²) >= 11 is 0. The first-order valence-electron chi connectivity index (χ1n) is 6.27. The van der Waals surface area contributed by atoms with Crippen molar-refractivity contribution in [3.05, 3.63) is 35.6 Å². The van der Waals surface area contributed by atoms with Crippen LogP contribution in [0.4, 0.5) is 4.39 Å². The zero-order valence-electron chi connectivity index (χ0n) is 11.2. The Morgan fingerprint density at radius 1 is 1.44 bits per heavy atom. The molecule has 0 fully saturated rings. The number of nitrogens with zero attached hydrogens (tertiary/aromatic N) is 1. The van der Waals surface area contributed by atoms with Crippen LogP contribution in [-0.2, 0) is 11.3 Å². The Morgan fingerprint density at radius 2 is 2.17 bits per heavy atom. The first kappa shape index (κ1) is 14.6. The van der Waals surface area contributed by atoms with Gasteiger partial charge in [-0.3, -0.25) is 9.69 Å². The number of hydrogen-bond donors (Lipinski definition) is 1. The van der Waals surface area contributed by atoms with E-state index in [9.17, 15) is 9.18 Å². The number of hydrogen-bond acceptors (Lipinski definition) is 2. The average molecular weight is 252 g/mol. The summed E-state index contributed by atoms with van der Waals surface area (Å²) in [6, 6.07) is 6.62. The van der Waals surface area contributed by atoms with Gasteiger partial charge in [0.2, 0.25) is 5.91 Å². The van der Waals surface area contributed by atoms with E-state index in [0.29, 0.717) is 13.1 Å². The smallest absolute Gasteiger partial charge is 0.234 e. The summed E-state index contributed by atoms with van der Waals surface area (Å²) in [5.74, 6) is -0.238. The van der Waals surface area contributed by atoms with Crippen molar-refractivity contribution in [2.75, 3.05) is 13.1 Å². The van der Waals surface area contributed by atoms with E-state index in [2.05, 4.69) is 5.32 Å². The number of nitrogens with one attached hydrogen (secondary N) is 1. The molecule has 1 aromatic carbocycles. The first-order chi connectivity index (χ1) is 8.51. The van der Waals surface area contributed by atoms with E-state index < -0.39 is 0 Å². The first-order valence-corrected chi connectivity index (χ1v) is 6.27. The topological polar surface area (TPSA) is 32.3 Å². The second-order valence-corrected chi connectivity index (χ2v) is 4.66. The van der Waals surface area contributed by atoms with Gasteiger partial charge in [-0.1, -0.05) is 19.1 Å². The number of likely N-dealkylation sites (N-methyl/N-ethyl adjacent to an activating group) is 1. The Labute approximate surface area is 108 Å². The second kappa shape index (κ2) is 7.11. The lowest BCUT2D eigenvalue weighted by atomic mass is 10.2. The fraction of sp³-hybridized carbons (Fsp3) is 0.500. The predicted molar refractivity (Wildman–Crippen MR) is 70.6 cm³/mol. The maximum absolute atomic E-state index is 13.1. The minimum absolute atomic E-state index is 0.00301. The van der Waals surface area contributed by atoms with E-state index >= 15 is 0 Å². The summed E-state index contributed by atoms with van der Waals surface area (Å²) in [6.07, 6.45) is 0. The van der Waals surface area contributed by atoms with Gasteiger partial charge in [-0.15, -0.1) is 0 Å². The van der Waals surface area contributed by atoms with Crippen LogP contribution in [0.25, 0.3) is 0 Å². The Balaban J connectivity index is 2.54. The van der Waals surface area contributed by atoms with E-state index in [1.54, 1.807) is 6.07 Å². The largest absolute Gasteiger partial charge is 0.353 e. The summed E-state index contributed by atoms with van der Waals surface area (Å²) in [4.78, 5) is 13.6. The summed E-state index contributed by atoms with van der Waals surface area (Å²) in [5, 5.41) is 2.85. The van der Waals surface area contributed by atoms with Crippen LogP contribution in [0.3, 0.4) is 0 Å². The molecule has 0 aliphatic rings. The van der Waals surface area contributed by atoms with Gasteiger partial charge >= 0.3 is 0 Å². The zero-order valence-corrected chi connectivity index (χ0v) is 11.2. The number of halogens is 1. The van der Waals surface area contributed by atoms with Crippen LogP contribution < -0.4 is 5.32 Å². The van der Waals surface area contributed by atoms with Crippen molar-refractivity contribution in [1.82, 2.24) is 10.2 Å². The minimum atomic E-state index is -0.241. The molecule has 0 unspecified atom stereocenters. The van der Waals surface area contributed by atoms with Gasteiger partial charge < -0.3 is 5.32 Å². The standard InChI is InChI=1S/C14H21FN2O/c1-4-17(10-14(18)16-11(2)3)9-12-6-5-7-13(15)8-12/h5-8,11H,4,9-10H2,1-3H3,(H,16,18). The summed E-state index contributed by atoms with van der Waals surface area (Å²) in [5.41, 5.74) is 0.884. The number of amides is 1. The highest BCUT2D eigenvalue weighted by Crippen LogP contribution is 2.07. The molecular formula is C14H21FN2O. The molecule has 1 aromatic rings. The number of carbonyl (C=O) groups is 1. The molecule has 0 spiro atoms. The molecule has 4 heteroatoms. The maximum atomic E-state index is 13.1. The van der Waals surface area contributed by atoms with Crippen molar-refractivity contribution >= 4 is 5.91 Å². The minimum Gasteiger partial charge on any atom is -0.353 e. The highest BCUT2D eigenvalue weighted by molar-refractivity contribution is 5.78. The van der Waals surface area contributed by atoms with Crippen LogP contribution in [-0.4, -0.2) is 29.9 Å². The fourth-order valence-electron chi connectivity index (χ4n) is 1.74. The molecule has 1 N–H and O–H groups in total. The van der Waals surface area contributed by atoms with Crippen LogP contribution in [0, 0.1) is 5.82 Å². The highest BCUT2D eigenvalue weighted by atomic mass is 19.1. The Kier molecular flexibility index (Phi) is 5.78. The molecule has 0 radical (unpaired) electrons. The van der Waals surface area contributed by atoms with Crippen molar-refractivity contribution < 1.29 is 9.18 Å². The number of benzene rings is 1. The second-order valence-electron chi connectivity index (χ2n) is 4.66. The Morgan fingerprint density at radius 3 is 2.72 bits per heavy atom. The lowest BCUT2D eigenvalue weighted by molar-refractivity contribution is -0.122. The number of carbonyl (C=O) groups excluding carboxylic acids is 1. The molecule has 3 nitrogen and oxygen atoms in total. The van der Waals surface area contributed by atoms with Gasteiger partial charge in [-0.25, -0.2) is 4.39 Å². The van der Waals surface area contributed by atoms with Crippen molar-refractivity contribution in [2.24, 2.45) is 0 Å². The molecule has 0 aliphatic carbocycles. The summed E-state index contributed by atoms with van der Waals surface area (Å²) < 4.78 is 13.1. The molecular weight excluding hydrogens is 231 g/mol. The molecule has 0 atom stereocenters. The van der Waals surface area contributed by atoms with Gasteiger partial charge in [0.1, 0.15) is 5.82 Å². The molecule has 0 saturated heterocycles. The van der Waals surface area contributed by atoms with Crippen LogP contribution in [0.1, 0.15) is 26.3 Å². The third-order valence-electron chi connectivity index (χ3n) is 2.56. The quantitative estimate of drug-likeness (QED) is 0.841. The van der Waals surface area contributed by atoms with Crippen molar-refractivity contribution in [3.63, 3.8) is 0 Å². The average Bonchev–Trinajstić information content (AvgIpc) is 2.27. The van der Waals surface area contributed by atoms with Crippen molar-refractivity contribution in [1.29, 1.82) is 0 Å².